The Morgan fingerprint density at radius 1 is 1.27 bits per heavy atom. The number of nitrogens with one attached hydrogen (secondary N) is 2. The molecule has 0 atom stereocenters. The van der Waals surface area contributed by atoms with Crippen molar-refractivity contribution in [2.24, 2.45) is 0 Å². The summed E-state index contributed by atoms with van der Waals surface area (Å²) in [6.07, 6.45) is 5.92. The second-order valence-electron chi connectivity index (χ2n) is 8.12. The van der Waals surface area contributed by atoms with Crippen LogP contribution < -0.4 is 10.6 Å². The fraction of sp³-hybridized carbons (Fsp3) is 0.348. The van der Waals surface area contributed by atoms with Gasteiger partial charge in [0.25, 0.3) is 0 Å². The number of rotatable bonds is 5. The van der Waals surface area contributed by atoms with E-state index in [0.29, 0.717) is 24.6 Å². The van der Waals surface area contributed by atoms with Gasteiger partial charge < -0.3 is 15.5 Å². The van der Waals surface area contributed by atoms with E-state index in [1.54, 1.807) is 23.5 Å². The van der Waals surface area contributed by atoms with Gasteiger partial charge in [-0.05, 0) is 30.2 Å². The molecule has 0 spiro atoms. The van der Waals surface area contributed by atoms with Gasteiger partial charge in [0.2, 0.25) is 5.91 Å². The molecular weight excluding hydrogens is 463 g/mol. The summed E-state index contributed by atoms with van der Waals surface area (Å²) in [5.74, 6) is 0.240. The first-order chi connectivity index (χ1) is 16.1. The van der Waals surface area contributed by atoms with Crippen molar-refractivity contribution < 1.29 is 9.18 Å². The number of thiophene rings is 1. The fourth-order valence-corrected chi connectivity index (χ4v) is 5.61. The van der Waals surface area contributed by atoms with Gasteiger partial charge >= 0.3 is 0 Å². The number of hydrogen-bond donors (Lipinski definition) is 2. The lowest BCUT2D eigenvalue weighted by Crippen LogP contribution is -2.43. The van der Waals surface area contributed by atoms with Crippen molar-refractivity contribution >= 4 is 50.6 Å². The van der Waals surface area contributed by atoms with Crippen LogP contribution in [0.2, 0.25) is 5.02 Å². The van der Waals surface area contributed by atoms with Gasteiger partial charge in [0.1, 0.15) is 22.8 Å². The summed E-state index contributed by atoms with van der Waals surface area (Å²) in [6, 6.07) is 4.49. The minimum absolute atomic E-state index is 0.0404. The molecule has 4 heterocycles. The van der Waals surface area contributed by atoms with Gasteiger partial charge in [0.05, 0.1) is 17.0 Å². The lowest BCUT2D eigenvalue weighted by Gasteiger charge is -2.27. The first-order valence-electron chi connectivity index (χ1n) is 10.9. The molecule has 2 N–H and O–H groups in total. The second-order valence-corrected chi connectivity index (χ2v) is 9.61. The zero-order valence-electron chi connectivity index (χ0n) is 18.0. The molecule has 5 rings (SSSR count). The van der Waals surface area contributed by atoms with Gasteiger partial charge in [-0.1, -0.05) is 17.7 Å². The predicted molar refractivity (Wildman–Crippen MR) is 130 cm³/mol. The smallest absolute Gasteiger partial charge is 0.246 e. The van der Waals surface area contributed by atoms with Crippen LogP contribution in [0.5, 0.6) is 0 Å². The second kappa shape index (κ2) is 9.72. The highest BCUT2D eigenvalue weighted by Crippen LogP contribution is 2.38. The van der Waals surface area contributed by atoms with Gasteiger partial charge in [0.15, 0.2) is 0 Å². The molecule has 2 aliphatic rings. The zero-order valence-corrected chi connectivity index (χ0v) is 19.6. The van der Waals surface area contributed by atoms with Crippen LogP contribution >= 0.6 is 22.9 Å². The first-order valence-corrected chi connectivity index (χ1v) is 12.1. The highest BCUT2D eigenvalue weighted by atomic mass is 35.5. The molecule has 33 heavy (non-hydrogen) atoms. The molecule has 10 heteroatoms. The molecule has 1 fully saturated rings. The fourth-order valence-electron chi connectivity index (χ4n) is 4.22. The Morgan fingerprint density at radius 2 is 2.12 bits per heavy atom. The normalized spacial score (nSPS) is 17.0. The van der Waals surface area contributed by atoms with Crippen LogP contribution in [0.4, 0.5) is 15.9 Å². The Morgan fingerprint density at radius 3 is 2.94 bits per heavy atom. The number of carbonyl (C=O) groups excluding carboxylic acids is 1. The van der Waals surface area contributed by atoms with Gasteiger partial charge in [-0.3, -0.25) is 9.69 Å². The SMILES string of the molecule is O=C(C=CCN1CCNCC1)N1CCc2c(sc3ncnc(Nc4ccc(F)c(Cl)c4)c23)C1. The Bertz CT molecular complexity index is 1210. The number of halogens is 2. The zero-order chi connectivity index (χ0) is 22.8. The number of anilines is 2. The summed E-state index contributed by atoms with van der Waals surface area (Å²) >= 11 is 7.51. The van der Waals surface area contributed by atoms with E-state index in [4.69, 9.17) is 11.6 Å². The third kappa shape index (κ3) is 4.86. The van der Waals surface area contributed by atoms with Crippen LogP contribution in [0.1, 0.15) is 10.4 Å². The maximum absolute atomic E-state index is 13.5. The van der Waals surface area contributed by atoms with Crippen LogP contribution in [-0.4, -0.2) is 64.9 Å². The molecule has 1 aromatic carbocycles. The Kier molecular flexibility index (Phi) is 6.55. The number of aromatic nitrogens is 2. The first kappa shape index (κ1) is 22.2. The molecule has 0 unspecified atom stereocenters. The van der Waals surface area contributed by atoms with E-state index in [1.165, 1.54) is 24.0 Å². The standard InChI is InChI=1S/C23H24ClFN6OS/c24-17-12-15(3-4-18(17)25)29-22-21-16-5-9-31(13-19(16)33-23(21)28-14-27-22)20(32)2-1-8-30-10-6-26-7-11-30/h1-4,12,14,26H,5-11,13H2,(H,27,28,29). The maximum atomic E-state index is 13.5. The molecule has 0 aliphatic carbocycles. The number of nitrogens with zero attached hydrogens (tertiary/aromatic N) is 4. The van der Waals surface area contributed by atoms with Crippen molar-refractivity contribution in [1.29, 1.82) is 0 Å². The van der Waals surface area contributed by atoms with Crippen LogP contribution in [0, 0.1) is 5.82 Å². The minimum Gasteiger partial charge on any atom is -0.340 e. The van der Waals surface area contributed by atoms with Crippen LogP contribution in [0.3, 0.4) is 0 Å². The average Bonchev–Trinajstić information content (AvgIpc) is 3.21. The quantitative estimate of drug-likeness (QED) is 0.537. The Balaban J connectivity index is 1.31. The monoisotopic (exact) mass is 486 g/mol. The summed E-state index contributed by atoms with van der Waals surface area (Å²) in [4.78, 5) is 27.8. The molecule has 1 saturated heterocycles. The maximum Gasteiger partial charge on any atom is 0.246 e. The van der Waals surface area contributed by atoms with Gasteiger partial charge in [-0.15, -0.1) is 11.3 Å². The largest absolute Gasteiger partial charge is 0.340 e. The lowest BCUT2D eigenvalue weighted by atomic mass is 10.0. The Hall–Kier alpha value is -2.59. The van der Waals surface area contributed by atoms with Crippen molar-refractivity contribution in [1.82, 2.24) is 25.1 Å². The molecule has 2 aromatic heterocycles. The summed E-state index contributed by atoms with van der Waals surface area (Å²) in [5.41, 5.74) is 1.82. The van der Waals surface area contributed by atoms with E-state index in [-0.39, 0.29) is 10.9 Å². The van der Waals surface area contributed by atoms with E-state index in [0.717, 1.165) is 54.2 Å². The summed E-state index contributed by atoms with van der Waals surface area (Å²) in [5, 5.41) is 7.59. The van der Waals surface area contributed by atoms with Gasteiger partial charge in [-0.25, -0.2) is 14.4 Å². The van der Waals surface area contributed by atoms with Crippen LogP contribution in [0.25, 0.3) is 10.2 Å². The molecule has 0 saturated carbocycles. The molecule has 2 aliphatic heterocycles. The van der Waals surface area contributed by atoms with Crippen molar-refractivity contribution in [3.05, 3.63) is 58.0 Å². The topological polar surface area (TPSA) is 73.4 Å². The molecule has 172 valence electrons. The highest BCUT2D eigenvalue weighted by molar-refractivity contribution is 7.19. The van der Waals surface area contributed by atoms with Crippen molar-refractivity contribution in [2.45, 2.75) is 13.0 Å². The van der Waals surface area contributed by atoms with Crippen molar-refractivity contribution in [3.63, 3.8) is 0 Å². The van der Waals surface area contributed by atoms with E-state index in [9.17, 15) is 9.18 Å². The van der Waals surface area contributed by atoms with Gasteiger partial charge in [-0.2, -0.15) is 0 Å². The van der Waals surface area contributed by atoms with Crippen LogP contribution in [-0.2, 0) is 17.8 Å². The van der Waals surface area contributed by atoms with Crippen LogP contribution in [0.15, 0.2) is 36.7 Å². The lowest BCUT2D eigenvalue weighted by molar-refractivity contribution is -0.126. The molecule has 7 nitrogen and oxygen atoms in total. The molecular formula is C23H24ClFN6OS. The third-order valence-corrected chi connectivity index (χ3v) is 7.38. The average molecular weight is 487 g/mol. The van der Waals surface area contributed by atoms with Crippen molar-refractivity contribution in [2.75, 3.05) is 44.6 Å². The number of benzene rings is 1. The molecule has 0 radical (unpaired) electrons. The number of hydrogen-bond acceptors (Lipinski definition) is 7. The molecule has 3 aromatic rings. The van der Waals surface area contributed by atoms with E-state index in [2.05, 4.69) is 25.5 Å². The number of piperazine rings is 1. The summed E-state index contributed by atoms with van der Waals surface area (Å²) < 4.78 is 13.5. The number of carbonyl (C=O) groups is 1. The summed E-state index contributed by atoms with van der Waals surface area (Å²) in [6.45, 7) is 6.02. The number of fused-ring (bicyclic) bond motifs is 3. The number of amides is 1. The van der Waals surface area contributed by atoms with E-state index >= 15 is 0 Å². The van der Waals surface area contributed by atoms with Crippen molar-refractivity contribution in [3.8, 4) is 0 Å². The molecule has 0 bridgehead atoms. The molecule has 1 amide bonds. The summed E-state index contributed by atoms with van der Waals surface area (Å²) in [7, 11) is 0. The van der Waals surface area contributed by atoms with E-state index in [1.807, 2.05) is 11.0 Å². The van der Waals surface area contributed by atoms with E-state index < -0.39 is 5.82 Å². The highest BCUT2D eigenvalue weighted by Gasteiger charge is 2.25. The minimum atomic E-state index is -0.463. The Labute approximate surface area is 200 Å². The third-order valence-electron chi connectivity index (χ3n) is 5.96. The van der Waals surface area contributed by atoms with Gasteiger partial charge in [0, 0.05) is 55.9 Å². The predicted octanol–water partition coefficient (Wildman–Crippen LogP) is 3.57.